The number of unbranched alkanes of at least 4 members (excludes halogenated alkanes) is 17. The number of hydrogen-bond donors (Lipinski definition) is 2. The minimum atomic E-state index is -4.36. The maximum Gasteiger partial charge on any atom is 0.472 e. The second-order valence-corrected chi connectivity index (χ2v) is 14.9. The molecule has 0 aliphatic heterocycles. The quantitative estimate of drug-likeness (QED) is 0.0273. The van der Waals surface area contributed by atoms with Crippen LogP contribution in [-0.4, -0.2) is 49.3 Å². The summed E-state index contributed by atoms with van der Waals surface area (Å²) in [5.41, 5.74) is 5.32. The normalized spacial score (nSPS) is 13.8. The van der Waals surface area contributed by atoms with Crippen LogP contribution >= 0.6 is 7.82 Å². The zero-order chi connectivity index (χ0) is 38.2. The number of carbonyl (C=O) groups is 2. The van der Waals surface area contributed by atoms with Crippen molar-refractivity contribution in [2.24, 2.45) is 5.73 Å². The molecule has 0 rings (SSSR count). The number of phosphoric ester groups is 1. The van der Waals surface area contributed by atoms with E-state index in [4.69, 9.17) is 24.3 Å². The monoisotopic (exact) mass is 754 g/mol. The van der Waals surface area contributed by atoms with Crippen molar-refractivity contribution in [2.45, 2.75) is 180 Å². The van der Waals surface area contributed by atoms with E-state index in [-0.39, 0.29) is 32.6 Å². The number of carbonyl (C=O) groups excluding carboxylic acids is 2. The summed E-state index contributed by atoms with van der Waals surface area (Å²) in [5.74, 6) is -0.841. The van der Waals surface area contributed by atoms with Crippen molar-refractivity contribution in [3.05, 3.63) is 48.6 Å². The van der Waals surface area contributed by atoms with Crippen molar-refractivity contribution in [1.82, 2.24) is 0 Å². The summed E-state index contributed by atoms with van der Waals surface area (Å²) in [6.07, 6.45) is 43.2. The Hall–Kier alpha value is -2.03. The van der Waals surface area contributed by atoms with E-state index in [0.29, 0.717) is 6.42 Å². The van der Waals surface area contributed by atoms with Gasteiger partial charge < -0.3 is 20.1 Å². The second-order valence-electron chi connectivity index (χ2n) is 13.5. The van der Waals surface area contributed by atoms with Crippen LogP contribution in [0, 0.1) is 0 Å². The van der Waals surface area contributed by atoms with Crippen molar-refractivity contribution in [2.75, 3.05) is 26.4 Å². The fourth-order valence-electron chi connectivity index (χ4n) is 5.45. The third kappa shape index (κ3) is 37.7. The predicted molar refractivity (Wildman–Crippen MR) is 215 cm³/mol. The fraction of sp³-hybridized carbons (Fsp3) is 0.762. The highest BCUT2D eigenvalue weighted by Gasteiger charge is 2.26. The predicted octanol–water partition coefficient (Wildman–Crippen LogP) is 11.6. The van der Waals surface area contributed by atoms with E-state index in [2.05, 4.69) is 62.5 Å². The number of hydrogen-bond acceptors (Lipinski definition) is 8. The van der Waals surface area contributed by atoms with E-state index in [1.165, 1.54) is 64.2 Å². The van der Waals surface area contributed by atoms with E-state index in [1.807, 2.05) is 0 Å². The van der Waals surface area contributed by atoms with Gasteiger partial charge in [0.1, 0.15) is 6.61 Å². The molecule has 0 aromatic carbocycles. The first-order valence-electron chi connectivity index (χ1n) is 20.6. The van der Waals surface area contributed by atoms with Crippen LogP contribution in [0.1, 0.15) is 174 Å². The van der Waals surface area contributed by atoms with Crippen LogP contribution in [0.3, 0.4) is 0 Å². The lowest BCUT2D eigenvalue weighted by Gasteiger charge is -2.19. The number of allylic oxidation sites excluding steroid dienone is 8. The molecule has 0 aromatic heterocycles. The molecule has 0 fully saturated rings. The standard InChI is InChI=1S/C42H76NO8P/c1-3-5-7-9-11-12-13-14-15-16-17-18-19-20-21-22-23-24-25-26-27-28-29-31-33-35-42(45)51-40(39-50-52(46,47)49-37-36-43)38-48-41(44)34-32-30-10-8-6-4-2/h5,7,11-12,14-15,17-18,40H,3-4,6,8-10,13,16,19-39,43H2,1-2H3,(H,46,47)/b7-5-,12-11-,15-14-,18-17-. The molecule has 0 heterocycles. The first-order chi connectivity index (χ1) is 25.3. The van der Waals surface area contributed by atoms with E-state index in [1.54, 1.807) is 0 Å². The summed E-state index contributed by atoms with van der Waals surface area (Å²) in [7, 11) is -4.36. The van der Waals surface area contributed by atoms with Gasteiger partial charge in [0.05, 0.1) is 13.2 Å². The van der Waals surface area contributed by atoms with Crippen molar-refractivity contribution in [3.8, 4) is 0 Å². The Morgan fingerprint density at radius 2 is 1.06 bits per heavy atom. The topological polar surface area (TPSA) is 134 Å². The average Bonchev–Trinajstić information content (AvgIpc) is 3.13. The molecule has 302 valence electrons. The molecule has 0 aliphatic rings. The van der Waals surface area contributed by atoms with E-state index < -0.39 is 32.5 Å². The summed E-state index contributed by atoms with van der Waals surface area (Å²) in [5, 5.41) is 0. The molecular formula is C42H76NO8P. The molecule has 0 amide bonds. The Morgan fingerprint density at radius 1 is 0.596 bits per heavy atom. The largest absolute Gasteiger partial charge is 0.472 e. The molecule has 0 aliphatic carbocycles. The zero-order valence-corrected chi connectivity index (χ0v) is 33.9. The highest BCUT2D eigenvalue weighted by atomic mass is 31.2. The number of phosphoric acid groups is 1. The minimum absolute atomic E-state index is 0.0526. The molecular weight excluding hydrogens is 677 g/mol. The third-order valence-corrected chi connectivity index (χ3v) is 9.46. The smallest absolute Gasteiger partial charge is 0.462 e. The van der Waals surface area contributed by atoms with Crippen LogP contribution < -0.4 is 5.73 Å². The van der Waals surface area contributed by atoms with Crippen molar-refractivity contribution in [1.29, 1.82) is 0 Å². The van der Waals surface area contributed by atoms with Crippen molar-refractivity contribution < 1.29 is 37.6 Å². The molecule has 0 spiro atoms. The highest BCUT2D eigenvalue weighted by Crippen LogP contribution is 2.43. The van der Waals surface area contributed by atoms with Gasteiger partial charge in [0.2, 0.25) is 0 Å². The van der Waals surface area contributed by atoms with Gasteiger partial charge in [-0.25, -0.2) is 4.57 Å². The number of rotatable bonds is 38. The van der Waals surface area contributed by atoms with Gasteiger partial charge >= 0.3 is 19.8 Å². The maximum atomic E-state index is 12.5. The molecule has 0 saturated carbocycles. The Kier molecular flexibility index (Phi) is 37.2. The molecule has 3 N–H and O–H groups in total. The number of ether oxygens (including phenoxy) is 2. The molecule has 52 heavy (non-hydrogen) atoms. The Balaban J connectivity index is 3.96. The lowest BCUT2D eigenvalue weighted by molar-refractivity contribution is -0.161. The molecule has 2 unspecified atom stereocenters. The molecule has 0 saturated heterocycles. The van der Waals surface area contributed by atoms with Crippen LogP contribution in [0.2, 0.25) is 0 Å². The molecule has 0 bridgehead atoms. The van der Waals surface area contributed by atoms with E-state index in [0.717, 1.165) is 77.0 Å². The maximum absolute atomic E-state index is 12.5. The van der Waals surface area contributed by atoms with Gasteiger partial charge in [-0.05, 0) is 51.4 Å². The molecule has 0 radical (unpaired) electrons. The van der Waals surface area contributed by atoms with Crippen molar-refractivity contribution >= 4 is 19.8 Å². The number of esters is 2. The van der Waals surface area contributed by atoms with Gasteiger partial charge in [0.25, 0.3) is 0 Å². The van der Waals surface area contributed by atoms with Gasteiger partial charge in [-0.15, -0.1) is 0 Å². The van der Waals surface area contributed by atoms with Crippen LogP contribution in [-0.2, 0) is 32.7 Å². The minimum Gasteiger partial charge on any atom is -0.462 e. The van der Waals surface area contributed by atoms with Gasteiger partial charge in [0, 0.05) is 19.4 Å². The second kappa shape index (κ2) is 38.7. The van der Waals surface area contributed by atoms with Gasteiger partial charge in [0.15, 0.2) is 6.10 Å². The lowest BCUT2D eigenvalue weighted by Crippen LogP contribution is -2.29. The zero-order valence-electron chi connectivity index (χ0n) is 33.0. The van der Waals surface area contributed by atoms with Crippen molar-refractivity contribution in [3.63, 3.8) is 0 Å². The van der Waals surface area contributed by atoms with Crippen LogP contribution in [0.15, 0.2) is 48.6 Å². The molecule has 0 aromatic rings. The molecule has 10 heteroatoms. The Morgan fingerprint density at radius 3 is 1.58 bits per heavy atom. The Labute approximate surface area is 317 Å². The van der Waals surface area contributed by atoms with E-state index in [9.17, 15) is 19.0 Å². The van der Waals surface area contributed by atoms with E-state index >= 15 is 0 Å². The SMILES string of the molecule is CC/C=C\C/C=C\C/C=C\C/C=C\CCCCCCCCCCCCCCC(=O)OC(COC(=O)CCCCCCCC)COP(=O)(O)OCCN. The number of nitrogens with two attached hydrogens (primary N) is 1. The van der Waals surface area contributed by atoms with Gasteiger partial charge in [-0.1, -0.05) is 159 Å². The van der Waals surface area contributed by atoms with Gasteiger partial charge in [-0.2, -0.15) is 0 Å². The summed E-state index contributed by atoms with van der Waals surface area (Å²) in [4.78, 5) is 34.5. The van der Waals surface area contributed by atoms with Gasteiger partial charge in [-0.3, -0.25) is 18.6 Å². The summed E-state index contributed by atoms with van der Waals surface area (Å²) in [6, 6.07) is 0. The summed E-state index contributed by atoms with van der Waals surface area (Å²) < 4.78 is 32.5. The summed E-state index contributed by atoms with van der Waals surface area (Å²) >= 11 is 0. The Bertz CT molecular complexity index is 996. The lowest BCUT2D eigenvalue weighted by atomic mass is 10.0. The first-order valence-corrected chi connectivity index (χ1v) is 22.1. The molecule has 9 nitrogen and oxygen atoms in total. The molecule has 2 atom stereocenters. The van der Waals surface area contributed by atoms with Crippen LogP contribution in [0.4, 0.5) is 0 Å². The first kappa shape index (κ1) is 50.0. The van der Waals surface area contributed by atoms with Crippen LogP contribution in [0.5, 0.6) is 0 Å². The average molecular weight is 754 g/mol. The highest BCUT2D eigenvalue weighted by molar-refractivity contribution is 7.47. The third-order valence-electron chi connectivity index (χ3n) is 8.48. The fourth-order valence-corrected chi connectivity index (χ4v) is 6.21. The summed E-state index contributed by atoms with van der Waals surface area (Å²) in [6.45, 7) is 3.54. The van der Waals surface area contributed by atoms with Crippen LogP contribution in [0.25, 0.3) is 0 Å².